The Labute approximate surface area is 124 Å². The van der Waals surface area contributed by atoms with Crippen molar-refractivity contribution in [2.75, 3.05) is 39.3 Å². The maximum absolute atomic E-state index is 9.27. The SMILES string of the molecule is CCNC(C)(C#N)CCCN1CCN2CCCCC2C1. The van der Waals surface area contributed by atoms with Crippen LogP contribution in [0.15, 0.2) is 0 Å². The van der Waals surface area contributed by atoms with E-state index in [0.29, 0.717) is 0 Å². The molecule has 114 valence electrons. The molecule has 0 amide bonds. The molecule has 2 unspecified atom stereocenters. The average Bonchev–Trinajstić information content (AvgIpc) is 2.47. The summed E-state index contributed by atoms with van der Waals surface area (Å²) in [5.41, 5.74) is -0.346. The predicted octanol–water partition coefficient (Wildman–Crippen LogP) is 1.83. The molecule has 4 heteroatoms. The normalized spacial score (nSPS) is 27.6. The van der Waals surface area contributed by atoms with Crippen LogP contribution in [0, 0.1) is 11.3 Å². The van der Waals surface area contributed by atoms with Crippen molar-refractivity contribution in [3.05, 3.63) is 0 Å². The topological polar surface area (TPSA) is 42.3 Å². The summed E-state index contributed by atoms with van der Waals surface area (Å²) in [6.07, 6.45) is 6.23. The number of nitriles is 1. The van der Waals surface area contributed by atoms with Crippen LogP contribution in [0.2, 0.25) is 0 Å². The molecular formula is C16H30N4. The first-order valence-electron chi connectivity index (χ1n) is 8.29. The van der Waals surface area contributed by atoms with Crippen LogP contribution >= 0.6 is 0 Å². The summed E-state index contributed by atoms with van der Waals surface area (Å²) in [4.78, 5) is 5.29. The summed E-state index contributed by atoms with van der Waals surface area (Å²) in [5, 5.41) is 12.6. The molecule has 0 bridgehead atoms. The molecule has 2 aliphatic rings. The zero-order chi connectivity index (χ0) is 14.4. The van der Waals surface area contributed by atoms with E-state index in [1.807, 2.05) is 6.92 Å². The lowest BCUT2D eigenvalue weighted by molar-refractivity contribution is 0.0481. The molecule has 1 N–H and O–H groups in total. The van der Waals surface area contributed by atoms with E-state index in [-0.39, 0.29) is 5.54 Å². The summed E-state index contributed by atoms with van der Waals surface area (Å²) in [7, 11) is 0. The van der Waals surface area contributed by atoms with E-state index in [0.717, 1.165) is 32.0 Å². The number of piperazine rings is 1. The van der Waals surface area contributed by atoms with Crippen LogP contribution in [0.1, 0.15) is 46.0 Å². The van der Waals surface area contributed by atoms with Crippen molar-refractivity contribution in [3.8, 4) is 6.07 Å². The molecule has 0 aliphatic carbocycles. The van der Waals surface area contributed by atoms with Crippen LogP contribution in [-0.4, -0.2) is 60.6 Å². The van der Waals surface area contributed by atoms with Gasteiger partial charge in [-0.05, 0) is 52.2 Å². The Bertz CT molecular complexity index is 338. The highest BCUT2D eigenvalue weighted by Crippen LogP contribution is 2.21. The number of nitrogens with zero attached hydrogens (tertiary/aromatic N) is 3. The largest absolute Gasteiger partial charge is 0.301 e. The standard InChI is InChI=1S/C16H30N4/c1-3-18-16(2,14-17)8-6-9-19-11-12-20-10-5-4-7-15(20)13-19/h15,18H,3-13H2,1-2H3. The van der Waals surface area contributed by atoms with Crippen molar-refractivity contribution >= 4 is 0 Å². The first-order chi connectivity index (χ1) is 9.67. The van der Waals surface area contributed by atoms with Crippen molar-refractivity contribution in [1.29, 1.82) is 5.26 Å². The van der Waals surface area contributed by atoms with E-state index in [9.17, 15) is 5.26 Å². The molecule has 0 spiro atoms. The van der Waals surface area contributed by atoms with Crippen LogP contribution in [0.5, 0.6) is 0 Å². The molecule has 0 aromatic carbocycles. The minimum atomic E-state index is -0.346. The fraction of sp³-hybridized carbons (Fsp3) is 0.938. The molecule has 0 radical (unpaired) electrons. The maximum atomic E-state index is 9.27. The second kappa shape index (κ2) is 7.40. The van der Waals surface area contributed by atoms with Gasteiger partial charge in [-0.15, -0.1) is 0 Å². The minimum Gasteiger partial charge on any atom is -0.301 e. The van der Waals surface area contributed by atoms with Gasteiger partial charge in [-0.25, -0.2) is 0 Å². The summed E-state index contributed by atoms with van der Waals surface area (Å²) >= 11 is 0. The molecule has 0 saturated carbocycles. The van der Waals surface area contributed by atoms with E-state index in [4.69, 9.17) is 0 Å². The lowest BCUT2D eigenvalue weighted by Crippen LogP contribution is -2.55. The number of piperidine rings is 1. The number of hydrogen-bond acceptors (Lipinski definition) is 4. The van der Waals surface area contributed by atoms with Gasteiger partial charge in [-0.2, -0.15) is 5.26 Å². The van der Waals surface area contributed by atoms with Crippen molar-refractivity contribution in [3.63, 3.8) is 0 Å². The molecule has 0 aromatic rings. The third-order valence-electron chi connectivity index (χ3n) is 4.89. The molecule has 0 aromatic heterocycles. The summed E-state index contributed by atoms with van der Waals surface area (Å²) in [5.74, 6) is 0. The van der Waals surface area contributed by atoms with Crippen LogP contribution in [0.4, 0.5) is 0 Å². The molecule has 2 atom stereocenters. The minimum absolute atomic E-state index is 0.346. The van der Waals surface area contributed by atoms with Gasteiger partial charge in [-0.1, -0.05) is 13.3 Å². The van der Waals surface area contributed by atoms with Crippen molar-refractivity contribution in [2.45, 2.75) is 57.5 Å². The van der Waals surface area contributed by atoms with Gasteiger partial charge in [0.2, 0.25) is 0 Å². The van der Waals surface area contributed by atoms with Gasteiger partial charge in [0.25, 0.3) is 0 Å². The Morgan fingerprint density at radius 3 is 2.90 bits per heavy atom. The second-order valence-corrected chi connectivity index (χ2v) is 6.56. The molecule has 2 aliphatic heterocycles. The molecule has 20 heavy (non-hydrogen) atoms. The number of fused-ring (bicyclic) bond motifs is 1. The van der Waals surface area contributed by atoms with Crippen LogP contribution in [-0.2, 0) is 0 Å². The lowest BCUT2D eigenvalue weighted by Gasteiger charge is -2.44. The number of nitrogens with one attached hydrogen (secondary N) is 1. The Hall–Kier alpha value is -0.630. The van der Waals surface area contributed by atoms with Crippen molar-refractivity contribution < 1.29 is 0 Å². The van der Waals surface area contributed by atoms with Gasteiger partial charge >= 0.3 is 0 Å². The van der Waals surface area contributed by atoms with Crippen LogP contribution < -0.4 is 5.32 Å². The Morgan fingerprint density at radius 1 is 1.30 bits per heavy atom. The smallest absolute Gasteiger partial charge is 0.103 e. The fourth-order valence-electron chi connectivity index (χ4n) is 3.65. The summed E-state index contributed by atoms with van der Waals surface area (Å²) < 4.78 is 0. The molecule has 2 heterocycles. The second-order valence-electron chi connectivity index (χ2n) is 6.56. The molecule has 2 saturated heterocycles. The third-order valence-corrected chi connectivity index (χ3v) is 4.89. The third kappa shape index (κ3) is 4.18. The first kappa shape index (κ1) is 15.8. The van der Waals surface area contributed by atoms with E-state index in [2.05, 4.69) is 28.1 Å². The zero-order valence-corrected chi connectivity index (χ0v) is 13.2. The Morgan fingerprint density at radius 2 is 2.15 bits per heavy atom. The first-order valence-corrected chi connectivity index (χ1v) is 8.29. The highest BCUT2D eigenvalue weighted by atomic mass is 15.3. The molecule has 4 nitrogen and oxygen atoms in total. The van der Waals surface area contributed by atoms with E-state index in [1.165, 1.54) is 45.4 Å². The molecular weight excluding hydrogens is 248 g/mol. The summed E-state index contributed by atoms with van der Waals surface area (Å²) in [6.45, 7) is 11.1. The van der Waals surface area contributed by atoms with Gasteiger partial charge in [0.15, 0.2) is 0 Å². The van der Waals surface area contributed by atoms with Crippen molar-refractivity contribution in [1.82, 2.24) is 15.1 Å². The number of hydrogen-bond donors (Lipinski definition) is 1. The Kier molecular flexibility index (Phi) is 5.83. The van der Waals surface area contributed by atoms with E-state index < -0.39 is 0 Å². The van der Waals surface area contributed by atoms with Gasteiger partial charge in [0.05, 0.1) is 6.07 Å². The maximum Gasteiger partial charge on any atom is 0.103 e. The Balaban J connectivity index is 1.71. The fourth-order valence-corrected chi connectivity index (χ4v) is 3.65. The van der Waals surface area contributed by atoms with Gasteiger partial charge in [0, 0.05) is 25.7 Å². The number of rotatable bonds is 6. The van der Waals surface area contributed by atoms with E-state index in [1.54, 1.807) is 0 Å². The highest BCUT2D eigenvalue weighted by Gasteiger charge is 2.29. The quantitative estimate of drug-likeness (QED) is 0.805. The van der Waals surface area contributed by atoms with Gasteiger partial charge < -0.3 is 4.90 Å². The van der Waals surface area contributed by atoms with E-state index >= 15 is 0 Å². The predicted molar refractivity (Wildman–Crippen MR) is 82.6 cm³/mol. The monoisotopic (exact) mass is 278 g/mol. The average molecular weight is 278 g/mol. The molecule has 2 fully saturated rings. The molecule has 2 rings (SSSR count). The summed E-state index contributed by atoms with van der Waals surface area (Å²) in [6, 6.07) is 3.22. The van der Waals surface area contributed by atoms with Crippen LogP contribution in [0.25, 0.3) is 0 Å². The zero-order valence-electron chi connectivity index (χ0n) is 13.2. The van der Waals surface area contributed by atoms with Crippen LogP contribution in [0.3, 0.4) is 0 Å². The van der Waals surface area contributed by atoms with Crippen molar-refractivity contribution in [2.24, 2.45) is 0 Å². The lowest BCUT2D eigenvalue weighted by atomic mass is 9.96. The van der Waals surface area contributed by atoms with Gasteiger partial charge in [-0.3, -0.25) is 10.2 Å². The highest BCUT2D eigenvalue weighted by molar-refractivity contribution is 5.03. The van der Waals surface area contributed by atoms with Gasteiger partial charge in [0.1, 0.15) is 5.54 Å².